The Kier molecular flexibility index (Phi) is 4.30. The van der Waals surface area contributed by atoms with Gasteiger partial charge in [0.15, 0.2) is 5.65 Å². The maximum atomic E-state index is 13.5. The molecule has 0 fully saturated rings. The number of halogens is 1. The van der Waals surface area contributed by atoms with Crippen molar-refractivity contribution in [3.8, 4) is 0 Å². The molecule has 0 spiro atoms. The van der Waals surface area contributed by atoms with Gasteiger partial charge in [-0.1, -0.05) is 44.2 Å². The van der Waals surface area contributed by atoms with E-state index in [2.05, 4.69) is 42.4 Å². The molecule has 2 heterocycles. The minimum atomic E-state index is -0.236. The number of hydrogen-bond donors (Lipinski definition) is 1. The van der Waals surface area contributed by atoms with E-state index in [4.69, 9.17) is 5.10 Å². The first-order valence-corrected chi connectivity index (χ1v) is 9.18. The predicted octanol–water partition coefficient (Wildman–Crippen LogP) is 5.41. The summed E-state index contributed by atoms with van der Waals surface area (Å²) >= 11 is 0. The first-order chi connectivity index (χ1) is 12.9. The topological polar surface area (TPSA) is 42.2 Å². The molecule has 27 heavy (non-hydrogen) atoms. The Balaban J connectivity index is 1.63. The highest BCUT2D eigenvalue weighted by Gasteiger charge is 2.18. The SMILES string of the molecule is CC(Nc1ccc2ncc(C3=CCC(C)(C)C=C3)n2n1)c1cccc(F)c1. The highest BCUT2D eigenvalue weighted by molar-refractivity contribution is 5.74. The van der Waals surface area contributed by atoms with Crippen LogP contribution in [0.4, 0.5) is 10.2 Å². The summed E-state index contributed by atoms with van der Waals surface area (Å²) in [5, 5.41) is 8.06. The molecular formula is C22H23FN4. The van der Waals surface area contributed by atoms with E-state index in [1.807, 2.05) is 35.8 Å². The van der Waals surface area contributed by atoms with Crippen LogP contribution < -0.4 is 5.32 Å². The Bertz CT molecular complexity index is 1050. The summed E-state index contributed by atoms with van der Waals surface area (Å²) in [6, 6.07) is 10.4. The molecule has 1 unspecified atom stereocenters. The van der Waals surface area contributed by atoms with Crippen LogP contribution in [0.15, 0.2) is 60.8 Å². The van der Waals surface area contributed by atoms with Crippen LogP contribution in [0, 0.1) is 11.2 Å². The monoisotopic (exact) mass is 362 g/mol. The summed E-state index contributed by atoms with van der Waals surface area (Å²) in [4.78, 5) is 4.47. The molecule has 0 saturated carbocycles. The average molecular weight is 362 g/mol. The number of rotatable bonds is 4. The number of aromatic nitrogens is 3. The molecule has 0 radical (unpaired) electrons. The van der Waals surface area contributed by atoms with Crippen molar-refractivity contribution < 1.29 is 4.39 Å². The van der Waals surface area contributed by atoms with Gasteiger partial charge in [0.05, 0.1) is 17.9 Å². The lowest BCUT2D eigenvalue weighted by atomic mass is 9.84. The number of nitrogens with one attached hydrogen (secondary N) is 1. The van der Waals surface area contributed by atoms with Crippen molar-refractivity contribution in [2.75, 3.05) is 5.32 Å². The van der Waals surface area contributed by atoms with E-state index in [1.165, 1.54) is 12.1 Å². The van der Waals surface area contributed by atoms with Crippen molar-refractivity contribution >= 4 is 17.0 Å². The molecule has 4 rings (SSSR count). The number of fused-ring (bicyclic) bond motifs is 1. The van der Waals surface area contributed by atoms with Crippen LogP contribution in [0.1, 0.15) is 44.5 Å². The Morgan fingerprint density at radius 3 is 2.81 bits per heavy atom. The van der Waals surface area contributed by atoms with Crippen LogP contribution in [0.5, 0.6) is 0 Å². The van der Waals surface area contributed by atoms with Gasteiger partial charge in [0.1, 0.15) is 11.6 Å². The molecule has 1 N–H and O–H groups in total. The van der Waals surface area contributed by atoms with Crippen molar-refractivity contribution in [3.05, 3.63) is 77.9 Å². The highest BCUT2D eigenvalue weighted by atomic mass is 19.1. The fourth-order valence-electron chi connectivity index (χ4n) is 3.24. The summed E-state index contributed by atoms with van der Waals surface area (Å²) in [5.74, 6) is 0.486. The van der Waals surface area contributed by atoms with Crippen LogP contribution in [-0.4, -0.2) is 14.6 Å². The molecule has 0 aliphatic heterocycles. The van der Waals surface area contributed by atoms with Crippen LogP contribution in [0.3, 0.4) is 0 Å². The minimum Gasteiger partial charge on any atom is -0.362 e. The van der Waals surface area contributed by atoms with E-state index in [9.17, 15) is 4.39 Å². The van der Waals surface area contributed by atoms with E-state index in [1.54, 1.807) is 6.07 Å². The lowest BCUT2D eigenvalue weighted by Crippen LogP contribution is -2.11. The van der Waals surface area contributed by atoms with Gasteiger partial charge in [0.25, 0.3) is 0 Å². The third-order valence-electron chi connectivity index (χ3n) is 4.93. The normalized spacial score (nSPS) is 17.0. The van der Waals surface area contributed by atoms with Crippen molar-refractivity contribution in [1.82, 2.24) is 14.6 Å². The molecule has 0 saturated heterocycles. The third-order valence-corrected chi connectivity index (χ3v) is 4.93. The number of nitrogens with zero attached hydrogens (tertiary/aromatic N) is 3. The Labute approximate surface area is 158 Å². The second-order valence-electron chi connectivity index (χ2n) is 7.74. The summed E-state index contributed by atoms with van der Waals surface area (Å²) in [7, 11) is 0. The van der Waals surface area contributed by atoms with Crippen molar-refractivity contribution in [2.45, 2.75) is 33.2 Å². The highest BCUT2D eigenvalue weighted by Crippen LogP contribution is 2.32. The van der Waals surface area contributed by atoms with E-state index in [0.717, 1.165) is 34.7 Å². The largest absolute Gasteiger partial charge is 0.362 e. The van der Waals surface area contributed by atoms with Gasteiger partial charge in [0.2, 0.25) is 0 Å². The molecule has 1 aliphatic rings. The number of anilines is 1. The van der Waals surface area contributed by atoms with Gasteiger partial charge in [0, 0.05) is 0 Å². The van der Waals surface area contributed by atoms with Crippen molar-refractivity contribution in [2.24, 2.45) is 5.41 Å². The molecule has 3 aromatic rings. The van der Waals surface area contributed by atoms with Crippen molar-refractivity contribution in [3.63, 3.8) is 0 Å². The molecular weight excluding hydrogens is 339 g/mol. The lowest BCUT2D eigenvalue weighted by molar-refractivity contribution is 0.485. The fraction of sp³-hybridized carbons (Fsp3) is 0.273. The summed E-state index contributed by atoms with van der Waals surface area (Å²) in [6.45, 7) is 6.43. The average Bonchev–Trinajstić information content (AvgIpc) is 3.05. The molecule has 0 amide bonds. The van der Waals surface area contributed by atoms with Gasteiger partial charge in [-0.25, -0.2) is 13.9 Å². The maximum Gasteiger partial charge on any atom is 0.154 e. The van der Waals surface area contributed by atoms with Gasteiger partial charge in [-0.3, -0.25) is 0 Å². The van der Waals surface area contributed by atoms with Crippen LogP contribution in [0.2, 0.25) is 0 Å². The lowest BCUT2D eigenvalue weighted by Gasteiger charge is -2.22. The van der Waals surface area contributed by atoms with Gasteiger partial charge < -0.3 is 5.32 Å². The number of allylic oxidation sites excluding steroid dienone is 4. The number of hydrogen-bond acceptors (Lipinski definition) is 3. The Hall–Kier alpha value is -2.95. The zero-order valence-corrected chi connectivity index (χ0v) is 15.8. The third kappa shape index (κ3) is 3.63. The summed E-state index contributed by atoms with van der Waals surface area (Å²) in [5.41, 5.74) is 3.96. The standard InChI is InChI=1S/C22H23FN4/c1-15(17-5-4-6-18(23)13-17)25-20-7-8-21-24-14-19(27(21)26-20)16-9-11-22(2,3)12-10-16/h4-11,13-15H,12H2,1-3H3,(H,25,26). The second kappa shape index (κ2) is 6.65. The quantitative estimate of drug-likeness (QED) is 0.675. The van der Waals surface area contributed by atoms with Crippen LogP contribution in [-0.2, 0) is 0 Å². The smallest absolute Gasteiger partial charge is 0.154 e. The second-order valence-corrected chi connectivity index (χ2v) is 7.74. The van der Waals surface area contributed by atoms with Crippen LogP contribution in [0.25, 0.3) is 11.2 Å². The molecule has 1 aliphatic carbocycles. The maximum absolute atomic E-state index is 13.5. The minimum absolute atomic E-state index is 0.0628. The Morgan fingerprint density at radius 2 is 2.07 bits per heavy atom. The molecule has 2 aromatic heterocycles. The zero-order valence-electron chi connectivity index (χ0n) is 15.8. The molecule has 5 heteroatoms. The van der Waals surface area contributed by atoms with Crippen molar-refractivity contribution in [1.29, 1.82) is 0 Å². The van der Waals surface area contributed by atoms with Gasteiger partial charge in [-0.15, -0.1) is 5.10 Å². The van der Waals surface area contributed by atoms with Gasteiger partial charge >= 0.3 is 0 Å². The van der Waals surface area contributed by atoms with E-state index < -0.39 is 0 Å². The number of benzene rings is 1. The molecule has 4 nitrogen and oxygen atoms in total. The molecule has 0 bridgehead atoms. The first kappa shape index (κ1) is 17.5. The first-order valence-electron chi connectivity index (χ1n) is 9.18. The molecule has 138 valence electrons. The zero-order chi connectivity index (χ0) is 19.0. The Morgan fingerprint density at radius 1 is 1.22 bits per heavy atom. The number of imidazole rings is 1. The summed E-state index contributed by atoms with van der Waals surface area (Å²) in [6.07, 6.45) is 9.46. The summed E-state index contributed by atoms with van der Waals surface area (Å²) < 4.78 is 15.3. The molecule has 1 aromatic carbocycles. The molecule has 1 atom stereocenters. The predicted molar refractivity (Wildman–Crippen MR) is 107 cm³/mol. The van der Waals surface area contributed by atoms with E-state index in [-0.39, 0.29) is 17.3 Å². The van der Waals surface area contributed by atoms with E-state index >= 15 is 0 Å². The van der Waals surface area contributed by atoms with Gasteiger partial charge in [-0.2, -0.15) is 0 Å². The fourth-order valence-corrected chi connectivity index (χ4v) is 3.24. The van der Waals surface area contributed by atoms with Gasteiger partial charge in [-0.05, 0) is 54.2 Å². The van der Waals surface area contributed by atoms with E-state index in [0.29, 0.717) is 0 Å². The van der Waals surface area contributed by atoms with Crippen LogP contribution >= 0.6 is 0 Å².